The monoisotopic (exact) mass is 443 g/mol. The highest BCUT2D eigenvalue weighted by atomic mass is 32.2. The third-order valence-electron chi connectivity index (χ3n) is 4.94. The third kappa shape index (κ3) is 4.38. The molecule has 0 aliphatic carbocycles. The highest BCUT2D eigenvalue weighted by Gasteiger charge is 2.29. The van der Waals surface area contributed by atoms with Crippen molar-refractivity contribution < 1.29 is 22.7 Å². The van der Waals surface area contributed by atoms with Gasteiger partial charge in [-0.3, -0.25) is 14.0 Å². The number of pyridine rings is 1. The molecule has 1 N–H and O–H groups in total. The van der Waals surface area contributed by atoms with Crippen LogP contribution < -0.4 is 20.3 Å². The highest BCUT2D eigenvalue weighted by Crippen LogP contribution is 2.32. The molecule has 1 atom stereocenters. The van der Waals surface area contributed by atoms with Gasteiger partial charge in [-0.25, -0.2) is 13.4 Å². The van der Waals surface area contributed by atoms with Gasteiger partial charge in [0, 0.05) is 24.0 Å². The lowest BCUT2D eigenvalue weighted by atomic mass is 10.2. The van der Waals surface area contributed by atoms with E-state index in [-0.39, 0.29) is 11.3 Å². The van der Waals surface area contributed by atoms with E-state index in [1.54, 1.807) is 36.5 Å². The molecule has 0 fully saturated rings. The Labute approximate surface area is 178 Å². The molecule has 4 rings (SSSR count). The number of aromatic nitrogens is 2. The van der Waals surface area contributed by atoms with Crippen LogP contribution in [-0.2, 0) is 20.4 Å². The molecule has 162 valence electrons. The molecule has 31 heavy (non-hydrogen) atoms. The topological polar surface area (TPSA) is 116 Å². The molecule has 1 aliphatic rings. The minimum Gasteiger partial charge on any atom is -0.486 e. The Balaban J connectivity index is 1.52. The number of amides is 1. The van der Waals surface area contributed by atoms with Gasteiger partial charge in [0.25, 0.3) is 5.56 Å². The zero-order valence-electron chi connectivity index (χ0n) is 17.0. The predicted molar refractivity (Wildman–Crippen MR) is 114 cm³/mol. The first kappa shape index (κ1) is 20.9. The molecule has 3 heterocycles. The molecule has 0 bridgehead atoms. The van der Waals surface area contributed by atoms with E-state index in [1.807, 2.05) is 6.92 Å². The molecule has 0 spiro atoms. The number of rotatable bonds is 5. The van der Waals surface area contributed by atoms with Crippen molar-refractivity contribution in [1.82, 2.24) is 9.38 Å². The van der Waals surface area contributed by atoms with E-state index in [2.05, 4.69) is 10.3 Å². The highest BCUT2D eigenvalue weighted by molar-refractivity contribution is 7.92. The number of sulfone groups is 1. The molecule has 1 amide bonds. The number of aryl methyl sites for hydroxylation is 1. The number of ether oxygens (including phenoxy) is 2. The van der Waals surface area contributed by atoms with E-state index < -0.39 is 26.7 Å². The Morgan fingerprint density at radius 2 is 1.90 bits per heavy atom. The average Bonchev–Trinajstić information content (AvgIpc) is 2.72. The first-order chi connectivity index (χ1) is 14.7. The number of carbonyl (C=O) groups excluding carboxylic acids is 1. The summed E-state index contributed by atoms with van der Waals surface area (Å²) < 4.78 is 37.9. The smallest absolute Gasteiger partial charge is 0.258 e. The average molecular weight is 443 g/mol. The van der Waals surface area contributed by atoms with Gasteiger partial charge < -0.3 is 14.8 Å². The summed E-state index contributed by atoms with van der Waals surface area (Å²) in [6, 6.07) is 9.47. The summed E-state index contributed by atoms with van der Waals surface area (Å²) >= 11 is 0. The third-order valence-corrected chi connectivity index (χ3v) is 6.93. The lowest BCUT2D eigenvalue weighted by Crippen LogP contribution is -2.34. The maximum atomic E-state index is 12.8. The van der Waals surface area contributed by atoms with Crippen LogP contribution in [0.2, 0.25) is 0 Å². The van der Waals surface area contributed by atoms with Gasteiger partial charge in [0.05, 0.1) is 11.4 Å². The Hall–Kier alpha value is -3.40. The fraction of sp³-hybridized carbons (Fsp3) is 0.286. The zero-order chi connectivity index (χ0) is 22.2. The second-order valence-corrected chi connectivity index (χ2v) is 9.64. The number of benzene rings is 1. The number of hydrogen-bond acceptors (Lipinski definition) is 7. The largest absolute Gasteiger partial charge is 0.486 e. The number of hydrogen-bond donors (Lipinski definition) is 1. The maximum absolute atomic E-state index is 12.8. The minimum atomic E-state index is -3.92. The molecule has 0 radical (unpaired) electrons. The molecule has 0 saturated heterocycles. The first-order valence-corrected chi connectivity index (χ1v) is 11.4. The lowest BCUT2D eigenvalue weighted by Gasteiger charge is -2.19. The van der Waals surface area contributed by atoms with E-state index in [1.165, 1.54) is 17.4 Å². The van der Waals surface area contributed by atoms with Crippen molar-refractivity contribution in [3.63, 3.8) is 0 Å². The van der Waals surface area contributed by atoms with Crippen LogP contribution in [0.3, 0.4) is 0 Å². The van der Waals surface area contributed by atoms with Gasteiger partial charge in [0.1, 0.15) is 24.1 Å². The van der Waals surface area contributed by atoms with Crippen LogP contribution in [-0.4, -0.2) is 42.2 Å². The first-order valence-electron chi connectivity index (χ1n) is 9.64. The van der Waals surface area contributed by atoms with E-state index in [0.717, 1.165) is 5.56 Å². The van der Waals surface area contributed by atoms with Gasteiger partial charge in [-0.15, -0.1) is 0 Å². The molecular weight excluding hydrogens is 422 g/mol. The molecule has 2 aromatic heterocycles. The lowest BCUT2D eigenvalue weighted by molar-refractivity contribution is -0.115. The molecule has 10 heteroatoms. The van der Waals surface area contributed by atoms with Crippen LogP contribution in [0.25, 0.3) is 5.65 Å². The predicted octanol–water partition coefficient (Wildman–Crippen LogP) is 1.72. The molecular formula is C21H21N3O6S. The van der Waals surface area contributed by atoms with Gasteiger partial charge in [-0.1, -0.05) is 0 Å². The van der Waals surface area contributed by atoms with E-state index in [4.69, 9.17) is 9.47 Å². The van der Waals surface area contributed by atoms with Gasteiger partial charge in [0.15, 0.2) is 21.3 Å². The second-order valence-electron chi connectivity index (χ2n) is 7.32. The quantitative estimate of drug-likeness (QED) is 0.638. The molecule has 1 aliphatic heterocycles. The van der Waals surface area contributed by atoms with E-state index in [0.29, 0.717) is 36.0 Å². The molecule has 3 aromatic rings. The summed E-state index contributed by atoms with van der Waals surface area (Å²) in [5, 5.41) is 1.24. The molecule has 1 unspecified atom stereocenters. The fourth-order valence-electron chi connectivity index (χ4n) is 3.19. The summed E-state index contributed by atoms with van der Waals surface area (Å²) in [7, 11) is -3.92. The summed E-state index contributed by atoms with van der Waals surface area (Å²) in [4.78, 5) is 29.2. The maximum Gasteiger partial charge on any atom is 0.258 e. The number of anilines is 1. The Morgan fingerprint density at radius 3 is 2.68 bits per heavy atom. The minimum absolute atomic E-state index is 0.0922. The van der Waals surface area contributed by atoms with Crippen LogP contribution in [0.1, 0.15) is 18.2 Å². The zero-order valence-corrected chi connectivity index (χ0v) is 17.8. The molecule has 1 aromatic carbocycles. The van der Waals surface area contributed by atoms with Gasteiger partial charge >= 0.3 is 0 Å². The van der Waals surface area contributed by atoms with Crippen LogP contribution in [0.4, 0.5) is 5.69 Å². The fourth-order valence-corrected chi connectivity index (χ4v) is 4.38. The molecule has 0 saturated carbocycles. The van der Waals surface area contributed by atoms with Crippen LogP contribution >= 0.6 is 0 Å². The van der Waals surface area contributed by atoms with Crippen molar-refractivity contribution in [2.45, 2.75) is 24.9 Å². The van der Waals surface area contributed by atoms with E-state index in [9.17, 15) is 18.0 Å². The van der Waals surface area contributed by atoms with Crippen LogP contribution in [0.15, 0.2) is 47.4 Å². The second kappa shape index (κ2) is 8.03. The van der Waals surface area contributed by atoms with Crippen molar-refractivity contribution >= 4 is 27.1 Å². The number of nitrogens with one attached hydrogen (secondary N) is 1. The Bertz CT molecular complexity index is 1330. The van der Waals surface area contributed by atoms with Gasteiger partial charge in [-0.05, 0) is 43.7 Å². The Morgan fingerprint density at radius 1 is 1.16 bits per heavy atom. The summed E-state index contributed by atoms with van der Waals surface area (Å²) in [5.74, 6) is -0.169. The number of carbonyl (C=O) groups is 1. The van der Waals surface area contributed by atoms with Gasteiger partial charge in [-0.2, -0.15) is 0 Å². The van der Waals surface area contributed by atoms with Crippen molar-refractivity contribution in [3.05, 3.63) is 64.2 Å². The van der Waals surface area contributed by atoms with Crippen molar-refractivity contribution in [2.24, 2.45) is 0 Å². The standard InChI is InChI=1S/C21H21N3O6S/c1-13-5-6-24-19(9-13)22-16(11-20(24)25)12-31(27,28)14(2)21(26)23-15-3-4-17-18(10-15)30-8-7-29-17/h3-6,9-11,14H,7-8,12H2,1-2H3,(H,23,26). The van der Waals surface area contributed by atoms with Crippen LogP contribution in [0.5, 0.6) is 11.5 Å². The number of fused-ring (bicyclic) bond motifs is 2. The normalized spacial score (nSPS) is 14.3. The SMILES string of the molecule is Cc1ccn2c(=O)cc(CS(=O)(=O)C(C)C(=O)Nc3ccc4c(c3)OCCO4)nc2c1. The molecule has 9 nitrogen and oxygen atoms in total. The van der Waals surface area contributed by atoms with Gasteiger partial charge in [0.2, 0.25) is 5.91 Å². The Kier molecular flexibility index (Phi) is 5.40. The number of nitrogens with zero attached hydrogens (tertiary/aromatic N) is 2. The van der Waals surface area contributed by atoms with Crippen LogP contribution in [0, 0.1) is 6.92 Å². The summed E-state index contributed by atoms with van der Waals surface area (Å²) in [5.41, 5.74) is 1.34. The van der Waals surface area contributed by atoms with Crippen molar-refractivity contribution in [1.29, 1.82) is 0 Å². The summed E-state index contributed by atoms with van der Waals surface area (Å²) in [6.45, 7) is 3.99. The van der Waals surface area contributed by atoms with Crippen molar-refractivity contribution in [3.8, 4) is 11.5 Å². The summed E-state index contributed by atoms with van der Waals surface area (Å²) in [6.07, 6.45) is 1.59. The van der Waals surface area contributed by atoms with E-state index >= 15 is 0 Å². The van der Waals surface area contributed by atoms with Crippen molar-refractivity contribution in [2.75, 3.05) is 18.5 Å².